The van der Waals surface area contributed by atoms with Crippen molar-refractivity contribution in [3.63, 3.8) is 0 Å². The van der Waals surface area contributed by atoms with E-state index in [-0.39, 0.29) is 0 Å². The van der Waals surface area contributed by atoms with Crippen molar-refractivity contribution in [2.24, 2.45) is 0 Å². The highest BCUT2D eigenvalue weighted by Crippen LogP contribution is 2.43. The normalized spacial score (nSPS) is 11.9. The maximum atomic E-state index is 5.24. The molecule has 0 aliphatic rings. The van der Waals surface area contributed by atoms with Crippen LogP contribution in [0.1, 0.15) is 5.56 Å². The second-order valence-corrected chi connectivity index (χ2v) is 14.7. The summed E-state index contributed by atoms with van der Waals surface area (Å²) < 4.78 is 2.63. The maximum Gasteiger partial charge on any atom is 0.0788 e. The lowest BCUT2D eigenvalue weighted by atomic mass is 9.92. The third-order valence-electron chi connectivity index (χ3n) is 10.6. The standard InChI is InChI=1S/C48H29N3S/c1-28-8-6-12-35-39(27-33-9-7-25-49-47(33)44(28)35)31-19-23-41-32(26-31)20-24-40(50-41)29-15-17-30(18-16-29)46-38-22-21-36-34-10-3-5-14-43(34)52-48(36)45(38)37-11-2-4-13-42(37)51-46/h2-27H,1H3. The van der Waals surface area contributed by atoms with Gasteiger partial charge < -0.3 is 0 Å². The number of nitrogens with zero attached hydrogens (tertiary/aromatic N) is 3. The second kappa shape index (κ2) is 11.3. The Bertz CT molecular complexity index is 3250. The summed E-state index contributed by atoms with van der Waals surface area (Å²) in [7, 11) is 0. The number of benzene rings is 7. The molecule has 0 amide bonds. The molecular formula is C48H29N3S. The van der Waals surface area contributed by atoms with Gasteiger partial charge in [0.2, 0.25) is 0 Å². The average Bonchev–Trinajstić information content (AvgIpc) is 3.59. The number of fused-ring (bicyclic) bond motifs is 11. The predicted molar refractivity (Wildman–Crippen MR) is 221 cm³/mol. The van der Waals surface area contributed by atoms with Crippen molar-refractivity contribution in [2.45, 2.75) is 6.92 Å². The molecule has 4 aromatic heterocycles. The minimum atomic E-state index is 0.952. The quantitative estimate of drug-likeness (QED) is 0.174. The van der Waals surface area contributed by atoms with E-state index in [0.717, 1.165) is 49.8 Å². The Balaban J connectivity index is 0.994. The van der Waals surface area contributed by atoms with Gasteiger partial charge in [-0.05, 0) is 71.5 Å². The van der Waals surface area contributed by atoms with Crippen molar-refractivity contribution in [2.75, 3.05) is 0 Å². The highest BCUT2D eigenvalue weighted by Gasteiger charge is 2.17. The summed E-state index contributed by atoms with van der Waals surface area (Å²) in [6.45, 7) is 2.17. The van der Waals surface area contributed by atoms with E-state index in [2.05, 4.69) is 153 Å². The van der Waals surface area contributed by atoms with Gasteiger partial charge in [0.15, 0.2) is 0 Å². The number of para-hydroxylation sites is 1. The summed E-state index contributed by atoms with van der Waals surface area (Å²) in [5.74, 6) is 0. The Kier molecular flexibility index (Phi) is 6.34. The number of aryl methyl sites for hydroxylation is 1. The van der Waals surface area contributed by atoms with Crippen LogP contribution in [0, 0.1) is 6.92 Å². The summed E-state index contributed by atoms with van der Waals surface area (Å²) >= 11 is 1.87. The fraction of sp³-hybridized carbons (Fsp3) is 0.0208. The lowest BCUT2D eigenvalue weighted by Gasteiger charge is -2.13. The van der Waals surface area contributed by atoms with Gasteiger partial charge in [0.1, 0.15) is 0 Å². The first-order valence-electron chi connectivity index (χ1n) is 17.6. The van der Waals surface area contributed by atoms with Crippen LogP contribution in [0.15, 0.2) is 158 Å². The summed E-state index contributed by atoms with van der Waals surface area (Å²) in [5, 5.41) is 11.0. The van der Waals surface area contributed by atoms with Crippen molar-refractivity contribution in [3.05, 3.63) is 163 Å². The Hall–Kier alpha value is -6.49. The summed E-state index contributed by atoms with van der Waals surface area (Å²) in [5.41, 5.74) is 10.8. The van der Waals surface area contributed by atoms with Crippen LogP contribution in [0.2, 0.25) is 0 Å². The number of hydrogen-bond acceptors (Lipinski definition) is 4. The molecule has 0 aliphatic heterocycles. The van der Waals surface area contributed by atoms with E-state index in [4.69, 9.17) is 15.0 Å². The van der Waals surface area contributed by atoms with Gasteiger partial charge in [0.25, 0.3) is 0 Å². The first kappa shape index (κ1) is 29.3. The summed E-state index contributed by atoms with van der Waals surface area (Å²) in [6, 6.07) is 54.4. The van der Waals surface area contributed by atoms with Crippen LogP contribution in [-0.4, -0.2) is 15.0 Å². The highest BCUT2D eigenvalue weighted by atomic mass is 32.1. The fourth-order valence-electron chi connectivity index (χ4n) is 8.11. The molecule has 4 heterocycles. The molecule has 7 aromatic carbocycles. The third-order valence-corrected chi connectivity index (χ3v) is 11.8. The lowest BCUT2D eigenvalue weighted by Crippen LogP contribution is -1.91. The molecule has 0 radical (unpaired) electrons. The van der Waals surface area contributed by atoms with Gasteiger partial charge in [-0.1, -0.05) is 109 Å². The Labute approximate surface area is 303 Å². The Morgan fingerprint density at radius 2 is 1.27 bits per heavy atom. The van der Waals surface area contributed by atoms with Crippen LogP contribution >= 0.6 is 11.3 Å². The van der Waals surface area contributed by atoms with Gasteiger partial charge in [-0.3, -0.25) is 4.98 Å². The predicted octanol–water partition coefficient (Wildman–Crippen LogP) is 13.3. The SMILES string of the molecule is Cc1cccc2c(-c3ccc4nc(-c5ccc(-c6nc7ccccc7c7c6ccc6c8ccccc8sc67)cc5)ccc4c3)cc3cccnc3c12. The molecular weight excluding hydrogens is 651 g/mol. The van der Waals surface area contributed by atoms with E-state index in [9.17, 15) is 0 Å². The number of hydrogen-bond donors (Lipinski definition) is 0. The molecule has 0 unspecified atom stereocenters. The summed E-state index contributed by atoms with van der Waals surface area (Å²) in [4.78, 5) is 15.1. The van der Waals surface area contributed by atoms with E-state index >= 15 is 0 Å². The van der Waals surface area contributed by atoms with Gasteiger partial charge in [-0.2, -0.15) is 0 Å². The average molecular weight is 680 g/mol. The molecule has 0 saturated heterocycles. The molecule has 3 nitrogen and oxygen atoms in total. The number of thiophene rings is 1. The number of aromatic nitrogens is 3. The van der Waals surface area contributed by atoms with Gasteiger partial charge in [0.05, 0.1) is 27.9 Å². The van der Waals surface area contributed by atoms with Crippen molar-refractivity contribution in [1.29, 1.82) is 0 Å². The van der Waals surface area contributed by atoms with E-state index in [1.54, 1.807) is 0 Å². The van der Waals surface area contributed by atoms with Crippen LogP contribution in [0.25, 0.3) is 108 Å². The molecule has 0 atom stereocenters. The van der Waals surface area contributed by atoms with Crippen molar-refractivity contribution in [3.8, 4) is 33.6 Å². The summed E-state index contributed by atoms with van der Waals surface area (Å²) in [6.07, 6.45) is 1.88. The van der Waals surface area contributed by atoms with Crippen LogP contribution in [0.3, 0.4) is 0 Å². The first-order valence-corrected chi connectivity index (χ1v) is 18.4. The van der Waals surface area contributed by atoms with Gasteiger partial charge >= 0.3 is 0 Å². The molecule has 0 N–H and O–H groups in total. The van der Waals surface area contributed by atoms with E-state index < -0.39 is 0 Å². The van der Waals surface area contributed by atoms with E-state index in [1.807, 2.05) is 23.6 Å². The molecule has 0 saturated carbocycles. The molecule has 0 bridgehead atoms. The van der Waals surface area contributed by atoms with Crippen LogP contribution in [-0.2, 0) is 0 Å². The number of rotatable bonds is 3. The molecule has 0 aliphatic carbocycles. The van der Waals surface area contributed by atoms with Crippen molar-refractivity contribution < 1.29 is 0 Å². The highest BCUT2D eigenvalue weighted by molar-refractivity contribution is 7.26. The van der Waals surface area contributed by atoms with E-state index in [1.165, 1.54) is 63.8 Å². The smallest absolute Gasteiger partial charge is 0.0788 e. The van der Waals surface area contributed by atoms with Gasteiger partial charge in [-0.15, -0.1) is 11.3 Å². The van der Waals surface area contributed by atoms with E-state index in [0.29, 0.717) is 0 Å². The molecule has 0 fully saturated rings. The third kappa shape index (κ3) is 4.41. The zero-order chi connectivity index (χ0) is 34.3. The van der Waals surface area contributed by atoms with Crippen molar-refractivity contribution >= 4 is 85.8 Å². The van der Waals surface area contributed by atoms with Crippen LogP contribution < -0.4 is 0 Å². The Morgan fingerprint density at radius 3 is 2.19 bits per heavy atom. The lowest BCUT2D eigenvalue weighted by molar-refractivity contribution is 1.39. The fourth-order valence-corrected chi connectivity index (χ4v) is 9.38. The molecule has 52 heavy (non-hydrogen) atoms. The maximum absolute atomic E-state index is 5.24. The van der Waals surface area contributed by atoms with Gasteiger partial charge in [0, 0.05) is 69.8 Å². The monoisotopic (exact) mass is 679 g/mol. The van der Waals surface area contributed by atoms with Crippen molar-refractivity contribution in [1.82, 2.24) is 15.0 Å². The Morgan fingerprint density at radius 1 is 0.481 bits per heavy atom. The molecule has 242 valence electrons. The zero-order valence-electron chi connectivity index (χ0n) is 28.3. The molecule has 11 rings (SSSR count). The molecule has 4 heteroatoms. The number of pyridine rings is 3. The van der Waals surface area contributed by atoms with Gasteiger partial charge in [-0.25, -0.2) is 9.97 Å². The largest absolute Gasteiger partial charge is 0.256 e. The first-order chi connectivity index (χ1) is 25.7. The minimum Gasteiger partial charge on any atom is -0.256 e. The molecule has 0 spiro atoms. The topological polar surface area (TPSA) is 38.7 Å². The van der Waals surface area contributed by atoms with Crippen LogP contribution in [0.5, 0.6) is 0 Å². The van der Waals surface area contributed by atoms with Crippen LogP contribution in [0.4, 0.5) is 0 Å². The second-order valence-electron chi connectivity index (χ2n) is 13.6. The molecule has 11 aromatic rings. The zero-order valence-corrected chi connectivity index (χ0v) is 29.1. The minimum absolute atomic E-state index is 0.952.